The summed E-state index contributed by atoms with van der Waals surface area (Å²) in [6.45, 7) is 1.97. The molecule has 19 heavy (non-hydrogen) atoms. The Morgan fingerprint density at radius 1 is 1.11 bits per heavy atom. The number of hydrogen-bond acceptors (Lipinski definition) is 2. The maximum Gasteiger partial charge on any atom is 0.120 e. The van der Waals surface area contributed by atoms with Crippen LogP contribution in [0.1, 0.15) is 18.5 Å². The average Bonchev–Trinajstić information content (AvgIpc) is 2.38. The molecule has 0 amide bonds. The highest BCUT2D eigenvalue weighted by atomic mass is 35.5. The van der Waals surface area contributed by atoms with Crippen molar-refractivity contribution in [2.45, 2.75) is 13.0 Å². The van der Waals surface area contributed by atoms with Gasteiger partial charge in [-0.1, -0.05) is 35.9 Å². The van der Waals surface area contributed by atoms with Crippen molar-refractivity contribution in [3.8, 4) is 16.9 Å². The third kappa shape index (κ3) is 3.63. The zero-order valence-corrected chi connectivity index (χ0v) is 12.5. The first-order valence-electron chi connectivity index (χ1n) is 5.81. The summed E-state index contributed by atoms with van der Waals surface area (Å²) in [5.41, 5.74) is 9.01. The van der Waals surface area contributed by atoms with Gasteiger partial charge in [0.25, 0.3) is 0 Å². The minimum atomic E-state index is 0. The lowest BCUT2D eigenvalue weighted by molar-refractivity contribution is 0.415. The molecule has 4 heteroatoms. The quantitative estimate of drug-likeness (QED) is 0.908. The highest BCUT2D eigenvalue weighted by Gasteiger charge is 2.06. The van der Waals surface area contributed by atoms with Gasteiger partial charge in [0.15, 0.2) is 0 Å². The summed E-state index contributed by atoms with van der Waals surface area (Å²) in [6, 6.07) is 13.9. The van der Waals surface area contributed by atoms with Gasteiger partial charge in [-0.3, -0.25) is 0 Å². The van der Waals surface area contributed by atoms with Crippen LogP contribution in [0.25, 0.3) is 11.1 Å². The molecular formula is C15H17Cl2NO. The highest BCUT2D eigenvalue weighted by molar-refractivity contribution is 6.33. The summed E-state index contributed by atoms with van der Waals surface area (Å²) in [7, 11) is 1.63. The molecule has 0 fully saturated rings. The third-order valence-corrected chi connectivity index (χ3v) is 3.24. The Balaban J connectivity index is 0.00000180. The number of nitrogens with two attached hydrogens (primary N) is 1. The second-order valence-corrected chi connectivity index (χ2v) is 4.66. The molecule has 0 aliphatic heterocycles. The Morgan fingerprint density at radius 2 is 1.74 bits per heavy atom. The summed E-state index contributed by atoms with van der Waals surface area (Å²) in [6.07, 6.45) is 0. The molecule has 2 nitrogen and oxygen atoms in total. The smallest absolute Gasteiger partial charge is 0.120 e. The van der Waals surface area contributed by atoms with Gasteiger partial charge in [-0.25, -0.2) is 0 Å². The lowest BCUT2D eigenvalue weighted by Crippen LogP contribution is -2.04. The van der Waals surface area contributed by atoms with Gasteiger partial charge in [0, 0.05) is 11.6 Å². The maximum atomic E-state index is 6.24. The summed E-state index contributed by atoms with van der Waals surface area (Å²) in [4.78, 5) is 0. The molecule has 0 spiro atoms. The minimum absolute atomic E-state index is 0. The van der Waals surface area contributed by atoms with E-state index in [9.17, 15) is 0 Å². The molecule has 102 valence electrons. The zero-order valence-electron chi connectivity index (χ0n) is 10.9. The summed E-state index contributed by atoms with van der Waals surface area (Å²) in [5.74, 6) is 0.760. The van der Waals surface area contributed by atoms with E-state index in [0.29, 0.717) is 5.02 Å². The van der Waals surface area contributed by atoms with Gasteiger partial charge in [-0.2, -0.15) is 0 Å². The SMILES string of the molecule is COc1ccc(-c2ccc(C(C)N)cc2)c(Cl)c1.Cl. The van der Waals surface area contributed by atoms with Crippen molar-refractivity contribution in [1.29, 1.82) is 0 Å². The van der Waals surface area contributed by atoms with Gasteiger partial charge in [-0.15, -0.1) is 12.4 Å². The van der Waals surface area contributed by atoms with Crippen molar-refractivity contribution in [2.75, 3.05) is 7.11 Å². The van der Waals surface area contributed by atoms with Crippen molar-refractivity contribution >= 4 is 24.0 Å². The van der Waals surface area contributed by atoms with E-state index in [2.05, 4.69) is 0 Å². The highest BCUT2D eigenvalue weighted by Crippen LogP contribution is 2.31. The number of halogens is 2. The van der Waals surface area contributed by atoms with Gasteiger partial charge in [-0.05, 0) is 36.2 Å². The molecular weight excluding hydrogens is 281 g/mol. The second kappa shape index (κ2) is 6.80. The molecule has 0 bridgehead atoms. The molecule has 2 aromatic rings. The molecule has 0 saturated carbocycles. The van der Waals surface area contributed by atoms with Crippen LogP contribution < -0.4 is 10.5 Å². The van der Waals surface area contributed by atoms with Gasteiger partial charge < -0.3 is 10.5 Å². The Hall–Kier alpha value is -1.22. The average molecular weight is 298 g/mol. The number of methoxy groups -OCH3 is 1. The number of ether oxygens (including phenoxy) is 1. The number of hydrogen-bond donors (Lipinski definition) is 1. The standard InChI is InChI=1S/C15H16ClNO.ClH/c1-10(17)11-3-5-12(6-4-11)14-8-7-13(18-2)9-15(14)16;/h3-10H,17H2,1-2H3;1H. The van der Waals surface area contributed by atoms with Crippen LogP contribution in [0.2, 0.25) is 5.02 Å². The normalized spacial score (nSPS) is 11.6. The third-order valence-electron chi connectivity index (χ3n) is 2.92. The summed E-state index contributed by atoms with van der Waals surface area (Å²) >= 11 is 6.24. The van der Waals surface area contributed by atoms with Gasteiger partial charge >= 0.3 is 0 Å². The number of rotatable bonds is 3. The first-order chi connectivity index (χ1) is 8.61. The second-order valence-electron chi connectivity index (χ2n) is 4.26. The molecule has 0 saturated heterocycles. The van der Waals surface area contributed by atoms with E-state index in [1.165, 1.54) is 0 Å². The predicted molar refractivity (Wildman–Crippen MR) is 83.3 cm³/mol. The van der Waals surface area contributed by atoms with Crippen LogP contribution in [0, 0.1) is 0 Å². The monoisotopic (exact) mass is 297 g/mol. The number of benzene rings is 2. The van der Waals surface area contributed by atoms with Crippen LogP contribution in [0.3, 0.4) is 0 Å². The Kier molecular flexibility index (Phi) is 5.67. The van der Waals surface area contributed by atoms with Crippen molar-refractivity contribution in [1.82, 2.24) is 0 Å². The fraction of sp³-hybridized carbons (Fsp3) is 0.200. The van der Waals surface area contributed by atoms with Crippen LogP contribution in [0.15, 0.2) is 42.5 Å². The molecule has 0 aliphatic rings. The minimum Gasteiger partial charge on any atom is -0.497 e. The molecule has 0 heterocycles. The Morgan fingerprint density at radius 3 is 2.21 bits per heavy atom. The fourth-order valence-corrected chi connectivity index (χ4v) is 2.10. The molecule has 0 aromatic heterocycles. The maximum absolute atomic E-state index is 6.24. The molecule has 2 N–H and O–H groups in total. The molecule has 2 rings (SSSR count). The van der Waals surface area contributed by atoms with Crippen LogP contribution in [-0.2, 0) is 0 Å². The lowest BCUT2D eigenvalue weighted by Gasteiger charge is -2.09. The van der Waals surface area contributed by atoms with E-state index in [0.717, 1.165) is 22.4 Å². The fourth-order valence-electron chi connectivity index (χ4n) is 1.82. The topological polar surface area (TPSA) is 35.2 Å². The largest absolute Gasteiger partial charge is 0.497 e. The van der Waals surface area contributed by atoms with Crippen LogP contribution in [0.5, 0.6) is 5.75 Å². The van der Waals surface area contributed by atoms with E-state index in [1.807, 2.05) is 49.4 Å². The Bertz CT molecular complexity index is 538. The molecule has 2 aromatic carbocycles. The summed E-state index contributed by atoms with van der Waals surface area (Å²) in [5, 5.41) is 0.683. The van der Waals surface area contributed by atoms with E-state index in [4.69, 9.17) is 22.1 Å². The van der Waals surface area contributed by atoms with E-state index >= 15 is 0 Å². The van der Waals surface area contributed by atoms with Gasteiger partial charge in [0.05, 0.1) is 12.1 Å². The van der Waals surface area contributed by atoms with E-state index in [1.54, 1.807) is 7.11 Å². The molecule has 1 atom stereocenters. The van der Waals surface area contributed by atoms with Crippen molar-refractivity contribution in [3.63, 3.8) is 0 Å². The molecule has 0 aliphatic carbocycles. The lowest BCUT2D eigenvalue weighted by atomic mass is 10.0. The van der Waals surface area contributed by atoms with Crippen molar-refractivity contribution in [2.24, 2.45) is 5.73 Å². The molecule has 0 radical (unpaired) electrons. The predicted octanol–water partition coefficient (Wildman–Crippen LogP) is 4.46. The first-order valence-corrected chi connectivity index (χ1v) is 6.19. The van der Waals surface area contributed by atoms with Crippen molar-refractivity contribution in [3.05, 3.63) is 53.1 Å². The molecule has 1 unspecified atom stereocenters. The van der Waals surface area contributed by atoms with Gasteiger partial charge in [0.2, 0.25) is 0 Å². The first kappa shape index (κ1) is 15.8. The van der Waals surface area contributed by atoms with Crippen LogP contribution in [-0.4, -0.2) is 7.11 Å². The van der Waals surface area contributed by atoms with Crippen LogP contribution >= 0.6 is 24.0 Å². The zero-order chi connectivity index (χ0) is 13.1. The van der Waals surface area contributed by atoms with Crippen molar-refractivity contribution < 1.29 is 4.74 Å². The summed E-state index contributed by atoms with van der Waals surface area (Å²) < 4.78 is 5.14. The van der Waals surface area contributed by atoms with E-state index in [-0.39, 0.29) is 18.4 Å². The van der Waals surface area contributed by atoms with E-state index < -0.39 is 0 Å². The Labute approximate surface area is 124 Å². The van der Waals surface area contributed by atoms with Crippen LogP contribution in [0.4, 0.5) is 0 Å². The van der Waals surface area contributed by atoms with Gasteiger partial charge in [0.1, 0.15) is 5.75 Å².